The van der Waals surface area contributed by atoms with Gasteiger partial charge in [0, 0.05) is 12.6 Å². The van der Waals surface area contributed by atoms with E-state index in [1.165, 1.54) is 4.90 Å². The molecule has 0 heterocycles. The van der Waals surface area contributed by atoms with E-state index in [0.29, 0.717) is 24.4 Å². The van der Waals surface area contributed by atoms with Crippen LogP contribution in [0.5, 0.6) is 0 Å². The Bertz CT molecular complexity index is 1000. The van der Waals surface area contributed by atoms with Crippen LogP contribution in [-0.2, 0) is 19.1 Å². The van der Waals surface area contributed by atoms with Gasteiger partial charge in [-0.25, -0.2) is 4.79 Å². The number of aryl methyl sites for hydroxylation is 1. The highest BCUT2D eigenvalue weighted by atomic mass is 16.6. The first-order valence-electron chi connectivity index (χ1n) is 14.5. The number of hydrogen-bond acceptors (Lipinski definition) is 5. The molecule has 0 aliphatic heterocycles. The summed E-state index contributed by atoms with van der Waals surface area (Å²) < 4.78 is 5.37. The van der Waals surface area contributed by atoms with Gasteiger partial charge in [-0.1, -0.05) is 51.8 Å². The van der Waals surface area contributed by atoms with E-state index in [0.717, 1.165) is 36.8 Å². The number of carbonyl (C=O) groups is 4. The number of unbranched alkanes of at least 4 members (excludes halogenated alkanes) is 2. The summed E-state index contributed by atoms with van der Waals surface area (Å²) in [5.74, 6) is -1.24. The van der Waals surface area contributed by atoms with Crippen LogP contribution in [0.15, 0.2) is 18.2 Å². The molecule has 0 radical (unpaired) electrons. The predicted molar refractivity (Wildman–Crippen MR) is 159 cm³/mol. The van der Waals surface area contributed by atoms with Crippen molar-refractivity contribution in [3.63, 3.8) is 0 Å². The van der Waals surface area contributed by atoms with E-state index in [9.17, 15) is 19.2 Å². The molecule has 0 aliphatic carbocycles. The minimum Gasteiger partial charge on any atom is -0.444 e. The van der Waals surface area contributed by atoms with Crippen LogP contribution in [0.3, 0.4) is 0 Å². The number of benzene rings is 1. The third-order valence-electron chi connectivity index (χ3n) is 6.83. The van der Waals surface area contributed by atoms with Gasteiger partial charge in [0.1, 0.15) is 17.7 Å². The molecular formula is C31H52N4O5. The van der Waals surface area contributed by atoms with Gasteiger partial charge in [-0.05, 0) is 83.4 Å². The Morgan fingerprint density at radius 3 is 2.23 bits per heavy atom. The number of rotatable bonds is 15. The van der Waals surface area contributed by atoms with E-state index >= 15 is 0 Å². The average molecular weight is 561 g/mol. The van der Waals surface area contributed by atoms with Gasteiger partial charge in [-0.3, -0.25) is 14.4 Å². The van der Waals surface area contributed by atoms with Gasteiger partial charge in [0.05, 0.1) is 6.42 Å². The van der Waals surface area contributed by atoms with Crippen molar-refractivity contribution in [3.05, 3.63) is 34.9 Å². The second kappa shape index (κ2) is 16.2. The Morgan fingerprint density at radius 2 is 1.68 bits per heavy atom. The lowest BCUT2D eigenvalue weighted by Crippen LogP contribution is -2.56. The maximum Gasteiger partial charge on any atom is 0.408 e. The molecule has 0 saturated carbocycles. The van der Waals surface area contributed by atoms with E-state index in [-0.39, 0.29) is 11.9 Å². The van der Waals surface area contributed by atoms with Crippen molar-refractivity contribution in [1.82, 2.24) is 15.5 Å². The van der Waals surface area contributed by atoms with Crippen molar-refractivity contribution in [2.75, 3.05) is 6.54 Å². The monoisotopic (exact) mass is 560 g/mol. The minimum atomic E-state index is -1.30. The molecule has 0 bridgehead atoms. The lowest BCUT2D eigenvalue weighted by atomic mass is 9.92. The first kappa shape index (κ1) is 34.9. The van der Waals surface area contributed by atoms with E-state index in [2.05, 4.69) is 31.4 Å². The van der Waals surface area contributed by atoms with Crippen molar-refractivity contribution in [3.8, 4) is 0 Å². The van der Waals surface area contributed by atoms with Crippen molar-refractivity contribution in [1.29, 1.82) is 0 Å². The molecule has 4 amide bonds. The second-order valence-electron chi connectivity index (χ2n) is 12.1. The molecule has 9 nitrogen and oxygen atoms in total. The van der Waals surface area contributed by atoms with Crippen molar-refractivity contribution in [2.24, 2.45) is 11.7 Å². The van der Waals surface area contributed by atoms with Crippen LogP contribution in [0.2, 0.25) is 0 Å². The molecule has 0 spiro atoms. The summed E-state index contributed by atoms with van der Waals surface area (Å²) in [5, 5.41) is 5.58. The zero-order valence-corrected chi connectivity index (χ0v) is 26.1. The van der Waals surface area contributed by atoms with Gasteiger partial charge in [-0.15, -0.1) is 0 Å². The smallest absolute Gasteiger partial charge is 0.408 e. The van der Waals surface area contributed by atoms with Crippen LogP contribution in [0.25, 0.3) is 0 Å². The largest absolute Gasteiger partial charge is 0.444 e. The second-order valence-corrected chi connectivity index (χ2v) is 12.1. The topological polar surface area (TPSA) is 131 Å². The normalized spacial score (nSPS) is 13.8. The summed E-state index contributed by atoms with van der Waals surface area (Å²) in [7, 11) is 0. The molecule has 0 aromatic heterocycles. The molecule has 4 N–H and O–H groups in total. The fraction of sp³-hybridized carbons (Fsp3) is 0.677. The lowest BCUT2D eigenvalue weighted by molar-refractivity contribution is -0.146. The molecule has 1 aromatic carbocycles. The molecule has 3 atom stereocenters. The molecule has 0 saturated heterocycles. The predicted octanol–water partition coefficient (Wildman–Crippen LogP) is 5.07. The fourth-order valence-electron chi connectivity index (χ4n) is 4.51. The maximum absolute atomic E-state index is 14.3. The maximum atomic E-state index is 14.3. The SMILES string of the molecule is CCCCCNC(=O)C(c1cccc(C)c1C)N(C(=O)C(CC(N)=O)NC(=O)OC(C)(C)C)C(C)CCC(C)C. The van der Waals surface area contributed by atoms with Crippen LogP contribution >= 0.6 is 0 Å². The number of amides is 4. The number of nitrogens with zero attached hydrogens (tertiary/aromatic N) is 1. The summed E-state index contributed by atoms with van der Waals surface area (Å²) in [6, 6.07) is 3.05. The number of primary amides is 1. The highest BCUT2D eigenvalue weighted by Crippen LogP contribution is 2.31. The van der Waals surface area contributed by atoms with E-state index < -0.39 is 42.0 Å². The van der Waals surface area contributed by atoms with Crippen LogP contribution in [0.4, 0.5) is 4.79 Å². The number of nitrogens with two attached hydrogens (primary N) is 1. The zero-order valence-electron chi connectivity index (χ0n) is 26.1. The van der Waals surface area contributed by atoms with Gasteiger partial charge >= 0.3 is 6.09 Å². The molecule has 226 valence electrons. The Kier molecular flexibility index (Phi) is 14.2. The van der Waals surface area contributed by atoms with Crippen molar-refractivity contribution < 1.29 is 23.9 Å². The number of carbonyl (C=O) groups excluding carboxylic acids is 4. The number of nitrogens with one attached hydrogen (secondary N) is 2. The average Bonchev–Trinajstić information content (AvgIpc) is 2.83. The van der Waals surface area contributed by atoms with E-state index in [4.69, 9.17) is 10.5 Å². The summed E-state index contributed by atoms with van der Waals surface area (Å²) in [4.78, 5) is 54.5. The standard InChI is InChI=1S/C31H52N4O5/c1-10-11-12-18-33-28(37)27(24-15-13-14-21(4)23(24)6)35(22(5)17-16-20(2)3)29(38)25(19-26(32)36)34-30(39)40-31(7,8)9/h13-15,20,22,25,27H,10-12,16-19H2,1-9H3,(H2,32,36)(H,33,37)(H,34,39). The van der Waals surface area contributed by atoms with Gasteiger partial charge in [0.15, 0.2) is 0 Å². The summed E-state index contributed by atoms with van der Waals surface area (Å²) in [5.41, 5.74) is 7.29. The van der Waals surface area contributed by atoms with Crippen LogP contribution in [0.1, 0.15) is 110 Å². The molecule has 1 aromatic rings. The Balaban J connectivity index is 3.67. The van der Waals surface area contributed by atoms with Crippen LogP contribution < -0.4 is 16.4 Å². The van der Waals surface area contributed by atoms with Gasteiger partial charge < -0.3 is 26.0 Å². The fourth-order valence-corrected chi connectivity index (χ4v) is 4.51. The first-order chi connectivity index (χ1) is 18.6. The first-order valence-corrected chi connectivity index (χ1v) is 14.5. The molecule has 3 unspecified atom stereocenters. The third kappa shape index (κ3) is 11.6. The number of alkyl carbamates (subject to hydrolysis) is 1. The highest BCUT2D eigenvalue weighted by molar-refractivity contribution is 5.95. The van der Waals surface area contributed by atoms with Crippen molar-refractivity contribution >= 4 is 23.8 Å². The third-order valence-corrected chi connectivity index (χ3v) is 6.83. The van der Waals surface area contributed by atoms with E-state index in [1.807, 2.05) is 39.0 Å². The number of ether oxygens (including phenoxy) is 1. The van der Waals surface area contributed by atoms with Gasteiger partial charge in [0.25, 0.3) is 0 Å². The Labute approximate surface area is 241 Å². The number of hydrogen-bond donors (Lipinski definition) is 3. The zero-order chi connectivity index (χ0) is 30.6. The lowest BCUT2D eigenvalue weighted by Gasteiger charge is -2.39. The quantitative estimate of drug-likeness (QED) is 0.258. The molecule has 1 rings (SSSR count). The van der Waals surface area contributed by atoms with Crippen molar-refractivity contribution in [2.45, 2.75) is 125 Å². The summed E-state index contributed by atoms with van der Waals surface area (Å²) in [6.45, 7) is 17.7. The summed E-state index contributed by atoms with van der Waals surface area (Å²) >= 11 is 0. The molecular weight excluding hydrogens is 508 g/mol. The molecule has 9 heteroatoms. The van der Waals surface area contributed by atoms with Crippen LogP contribution in [-0.4, -0.2) is 52.9 Å². The highest BCUT2D eigenvalue weighted by Gasteiger charge is 2.40. The molecule has 0 fully saturated rings. The van der Waals surface area contributed by atoms with Gasteiger partial charge in [0.2, 0.25) is 17.7 Å². The minimum absolute atomic E-state index is 0.301. The van der Waals surface area contributed by atoms with Crippen LogP contribution in [0, 0.1) is 19.8 Å². The molecule has 40 heavy (non-hydrogen) atoms. The Morgan fingerprint density at radius 1 is 1.02 bits per heavy atom. The summed E-state index contributed by atoms with van der Waals surface area (Å²) in [6.07, 6.45) is 2.99. The molecule has 0 aliphatic rings. The van der Waals surface area contributed by atoms with E-state index in [1.54, 1.807) is 20.8 Å². The van der Waals surface area contributed by atoms with Gasteiger partial charge in [-0.2, -0.15) is 0 Å². The Hall–Kier alpha value is -3.10.